The molecule has 0 saturated carbocycles. The number of halogens is 1. The first kappa shape index (κ1) is 24.0. The molecule has 0 aliphatic rings. The van der Waals surface area contributed by atoms with Crippen molar-refractivity contribution in [2.45, 2.75) is 0 Å². The molecule has 1 heterocycles. The lowest BCUT2D eigenvalue weighted by molar-refractivity contribution is 0.415. The van der Waals surface area contributed by atoms with Crippen molar-refractivity contribution in [1.29, 1.82) is 0 Å². The Morgan fingerprint density at radius 1 is 0.838 bits per heavy atom. The van der Waals surface area contributed by atoms with Crippen LogP contribution in [0.2, 0.25) is 5.02 Å². The molecule has 0 amide bonds. The molecule has 0 unspecified atom stereocenters. The highest BCUT2D eigenvalue weighted by Crippen LogP contribution is 2.35. The number of phenols is 1. The van der Waals surface area contributed by atoms with Crippen LogP contribution in [0.4, 0.5) is 5.95 Å². The predicted molar refractivity (Wildman–Crippen MR) is 149 cm³/mol. The molecule has 0 atom stereocenters. The number of rotatable bonds is 7. The number of hydrogen-bond donors (Lipinski definition) is 1. The fourth-order valence-corrected chi connectivity index (χ4v) is 4.00. The third kappa shape index (κ3) is 5.44. The van der Waals surface area contributed by atoms with Gasteiger partial charge >= 0.3 is 0 Å². The van der Waals surface area contributed by atoms with E-state index in [-0.39, 0.29) is 5.75 Å². The van der Waals surface area contributed by atoms with E-state index in [0.717, 1.165) is 33.8 Å². The summed E-state index contributed by atoms with van der Waals surface area (Å²) in [4.78, 5) is 9.51. The van der Waals surface area contributed by atoms with Gasteiger partial charge in [-0.05, 0) is 48.0 Å². The quantitative estimate of drug-likeness (QED) is 0.237. The zero-order valence-electron chi connectivity index (χ0n) is 20.0. The topological polar surface area (TPSA) is 72.0 Å². The van der Waals surface area contributed by atoms with Gasteiger partial charge in [-0.25, -0.2) is 9.98 Å². The van der Waals surface area contributed by atoms with Crippen LogP contribution in [0.1, 0.15) is 11.1 Å². The molecule has 1 N–H and O–H groups in total. The van der Waals surface area contributed by atoms with Crippen LogP contribution in [0, 0.1) is 0 Å². The summed E-state index contributed by atoms with van der Waals surface area (Å²) in [5, 5.41) is 15.6. The van der Waals surface area contributed by atoms with Gasteiger partial charge in [0.25, 0.3) is 5.95 Å². The number of imidazole rings is 1. The van der Waals surface area contributed by atoms with E-state index in [1.165, 1.54) is 12.3 Å². The van der Waals surface area contributed by atoms with Crippen molar-refractivity contribution in [1.82, 2.24) is 9.66 Å². The van der Waals surface area contributed by atoms with Gasteiger partial charge in [0.05, 0.1) is 13.3 Å². The smallest absolute Gasteiger partial charge is 0.251 e. The number of nitrogens with zero attached hydrogens (tertiary/aromatic N) is 4. The molecule has 0 aliphatic carbocycles. The lowest BCUT2D eigenvalue weighted by Gasteiger charge is -2.07. The molecule has 5 rings (SSSR count). The van der Waals surface area contributed by atoms with E-state index in [0.29, 0.717) is 16.5 Å². The standard InChI is InChI=1S/C30H23ClN4O2/c1-37-26-15-12-21(13-16-26)19-33-35-29(23-10-6-3-7-11-23)28(22-8-4-2-5-9-22)34-30(35)32-20-24-18-25(31)14-17-27(24)36/h2-20,36H,1H3/b32-20+,33-19?. The monoisotopic (exact) mass is 506 g/mol. The number of aliphatic imine (C=N–C) groups is 1. The first-order valence-electron chi connectivity index (χ1n) is 11.6. The van der Waals surface area contributed by atoms with Crippen molar-refractivity contribution in [3.63, 3.8) is 0 Å². The van der Waals surface area contributed by atoms with Gasteiger partial charge in [0, 0.05) is 27.9 Å². The molecule has 6 nitrogen and oxygen atoms in total. The van der Waals surface area contributed by atoms with Crippen molar-refractivity contribution in [2.75, 3.05) is 7.11 Å². The molecule has 7 heteroatoms. The second kappa shape index (κ2) is 10.9. The van der Waals surface area contributed by atoms with E-state index >= 15 is 0 Å². The minimum Gasteiger partial charge on any atom is -0.507 e. The zero-order valence-corrected chi connectivity index (χ0v) is 20.7. The molecule has 0 bridgehead atoms. The van der Waals surface area contributed by atoms with Crippen LogP contribution in [-0.2, 0) is 0 Å². The van der Waals surface area contributed by atoms with Crippen molar-refractivity contribution >= 4 is 30.0 Å². The Bertz CT molecular complexity index is 1560. The first-order chi connectivity index (χ1) is 18.1. The summed E-state index contributed by atoms with van der Waals surface area (Å²) in [7, 11) is 1.63. The fourth-order valence-electron chi connectivity index (χ4n) is 3.82. The lowest BCUT2D eigenvalue weighted by atomic mass is 10.1. The number of phenolic OH excluding ortho intramolecular Hbond substituents is 1. The minimum atomic E-state index is 0.0690. The Kier molecular flexibility index (Phi) is 7.10. The van der Waals surface area contributed by atoms with Crippen LogP contribution >= 0.6 is 11.6 Å². The molecule has 1 aromatic heterocycles. The second-order valence-electron chi connectivity index (χ2n) is 8.13. The van der Waals surface area contributed by atoms with Gasteiger partial charge < -0.3 is 9.84 Å². The molecule has 0 fully saturated rings. The Labute approximate surface area is 219 Å². The third-order valence-corrected chi connectivity index (χ3v) is 5.91. The average Bonchev–Trinajstić information content (AvgIpc) is 3.32. The van der Waals surface area contributed by atoms with E-state index < -0.39 is 0 Å². The Morgan fingerprint density at radius 3 is 2.19 bits per heavy atom. The van der Waals surface area contributed by atoms with E-state index in [4.69, 9.17) is 26.4 Å². The summed E-state index contributed by atoms with van der Waals surface area (Å²) < 4.78 is 6.97. The van der Waals surface area contributed by atoms with Gasteiger partial charge in [-0.2, -0.15) is 9.78 Å². The van der Waals surface area contributed by atoms with Crippen LogP contribution < -0.4 is 4.74 Å². The zero-order chi connectivity index (χ0) is 25.6. The molecular weight excluding hydrogens is 484 g/mol. The summed E-state index contributed by atoms with van der Waals surface area (Å²) in [6, 6.07) is 32.2. The first-order valence-corrected chi connectivity index (χ1v) is 11.9. The maximum Gasteiger partial charge on any atom is 0.251 e. The van der Waals surface area contributed by atoms with Crippen LogP contribution in [0.5, 0.6) is 11.5 Å². The van der Waals surface area contributed by atoms with Gasteiger partial charge in [0.2, 0.25) is 0 Å². The van der Waals surface area contributed by atoms with Gasteiger partial charge in [0.1, 0.15) is 22.9 Å². The Hall–Kier alpha value is -4.68. The number of ether oxygens (including phenoxy) is 1. The Balaban J connectivity index is 1.69. The molecule has 182 valence electrons. The van der Waals surface area contributed by atoms with Crippen molar-refractivity contribution in [2.24, 2.45) is 10.1 Å². The van der Waals surface area contributed by atoms with E-state index in [1.807, 2.05) is 84.9 Å². The van der Waals surface area contributed by atoms with Gasteiger partial charge in [-0.3, -0.25) is 0 Å². The molecule has 37 heavy (non-hydrogen) atoms. The minimum absolute atomic E-state index is 0.0690. The average molecular weight is 507 g/mol. The van der Waals surface area contributed by atoms with Crippen LogP contribution in [0.15, 0.2) is 113 Å². The van der Waals surface area contributed by atoms with Crippen molar-refractivity contribution in [3.8, 4) is 34.0 Å². The highest BCUT2D eigenvalue weighted by Gasteiger charge is 2.20. The third-order valence-electron chi connectivity index (χ3n) is 5.68. The summed E-state index contributed by atoms with van der Waals surface area (Å²) in [5.74, 6) is 1.18. The molecule has 5 aromatic rings. The number of methoxy groups -OCH3 is 1. The fraction of sp³-hybridized carbons (Fsp3) is 0.0333. The Morgan fingerprint density at radius 2 is 1.51 bits per heavy atom. The van der Waals surface area contributed by atoms with E-state index in [9.17, 15) is 5.11 Å². The highest BCUT2D eigenvalue weighted by molar-refractivity contribution is 6.30. The predicted octanol–water partition coefficient (Wildman–Crippen LogP) is 7.22. The van der Waals surface area contributed by atoms with E-state index in [2.05, 4.69) is 4.99 Å². The molecule has 0 saturated heterocycles. The second-order valence-corrected chi connectivity index (χ2v) is 8.57. The molecule has 0 radical (unpaired) electrons. The van der Waals surface area contributed by atoms with Gasteiger partial charge in [0.15, 0.2) is 0 Å². The van der Waals surface area contributed by atoms with Gasteiger partial charge in [-0.1, -0.05) is 72.3 Å². The number of aromatic nitrogens is 2. The summed E-state index contributed by atoms with van der Waals surface area (Å²) in [6.45, 7) is 0. The summed E-state index contributed by atoms with van der Waals surface area (Å²) >= 11 is 6.13. The van der Waals surface area contributed by atoms with Gasteiger partial charge in [-0.15, -0.1) is 0 Å². The number of benzene rings is 4. The highest BCUT2D eigenvalue weighted by atomic mass is 35.5. The van der Waals surface area contributed by atoms with Crippen molar-refractivity contribution < 1.29 is 9.84 Å². The summed E-state index contributed by atoms with van der Waals surface area (Å²) in [5.41, 5.74) is 4.76. The molecular formula is C30H23ClN4O2. The SMILES string of the molecule is COc1ccc(C=Nn2c(/N=C/c3cc(Cl)ccc3O)nc(-c3ccccc3)c2-c2ccccc2)cc1. The molecule has 4 aromatic carbocycles. The molecule has 0 aliphatic heterocycles. The number of hydrogen-bond acceptors (Lipinski definition) is 5. The molecule has 0 spiro atoms. The summed E-state index contributed by atoms with van der Waals surface area (Å²) in [6.07, 6.45) is 3.28. The normalized spacial score (nSPS) is 11.4. The van der Waals surface area contributed by atoms with Crippen LogP contribution in [0.3, 0.4) is 0 Å². The van der Waals surface area contributed by atoms with E-state index in [1.54, 1.807) is 30.1 Å². The number of aromatic hydroxyl groups is 1. The van der Waals surface area contributed by atoms with Crippen LogP contribution in [0.25, 0.3) is 22.5 Å². The largest absolute Gasteiger partial charge is 0.507 e. The maximum atomic E-state index is 10.3. The van der Waals surface area contributed by atoms with Crippen molar-refractivity contribution in [3.05, 3.63) is 119 Å². The van der Waals surface area contributed by atoms with Crippen LogP contribution in [-0.4, -0.2) is 34.3 Å². The maximum absolute atomic E-state index is 10.3. The lowest BCUT2D eigenvalue weighted by Crippen LogP contribution is -1.95.